The summed E-state index contributed by atoms with van der Waals surface area (Å²) in [6.07, 6.45) is 6.68. The van der Waals surface area contributed by atoms with E-state index in [0.29, 0.717) is 0 Å². The molecule has 0 aliphatic carbocycles. The van der Waals surface area contributed by atoms with Crippen molar-refractivity contribution in [2.75, 3.05) is 13.2 Å². The molecule has 1 rings (SSSR count). The molecular weight excluding hydrogens is 212 g/mol. The predicted molar refractivity (Wildman–Crippen MR) is 71.5 cm³/mol. The number of rotatable bonds is 9. The molecule has 0 bridgehead atoms. The molecule has 2 nitrogen and oxygen atoms in total. The first-order valence-electron chi connectivity index (χ1n) is 6.69. The maximum absolute atomic E-state index is 8.79. The van der Waals surface area contributed by atoms with Crippen molar-refractivity contribution in [3.63, 3.8) is 0 Å². The maximum Gasteiger partial charge on any atom is 0.119 e. The second-order valence-corrected chi connectivity index (χ2v) is 4.38. The lowest BCUT2D eigenvalue weighted by atomic mass is 10.1. The van der Waals surface area contributed by atoms with Gasteiger partial charge in [-0.25, -0.2) is 0 Å². The lowest BCUT2D eigenvalue weighted by molar-refractivity contribution is 0.288. The average Bonchev–Trinajstić information content (AvgIpc) is 2.37. The summed E-state index contributed by atoms with van der Waals surface area (Å²) in [5.74, 6) is 0.955. The van der Waals surface area contributed by atoms with Crippen LogP contribution in [0, 0.1) is 0 Å². The first kappa shape index (κ1) is 14.0. The quantitative estimate of drug-likeness (QED) is 0.664. The number of aliphatic hydroxyl groups excluding tert-OH is 1. The van der Waals surface area contributed by atoms with E-state index in [1.807, 2.05) is 12.1 Å². The van der Waals surface area contributed by atoms with Gasteiger partial charge in [0.05, 0.1) is 6.61 Å². The molecule has 2 heteroatoms. The molecular formula is C15H24O2. The van der Waals surface area contributed by atoms with Crippen molar-refractivity contribution in [1.82, 2.24) is 0 Å². The zero-order valence-electron chi connectivity index (χ0n) is 10.8. The molecule has 0 aliphatic heterocycles. The smallest absolute Gasteiger partial charge is 0.119 e. The van der Waals surface area contributed by atoms with E-state index in [0.717, 1.165) is 31.6 Å². The summed E-state index contributed by atoms with van der Waals surface area (Å²) in [4.78, 5) is 0. The van der Waals surface area contributed by atoms with Crippen LogP contribution in [0.15, 0.2) is 24.3 Å². The molecule has 0 saturated heterocycles. The summed E-state index contributed by atoms with van der Waals surface area (Å²) in [6.45, 7) is 3.27. The molecule has 1 N–H and O–H groups in total. The molecule has 0 heterocycles. The molecule has 17 heavy (non-hydrogen) atoms. The molecule has 96 valence electrons. The van der Waals surface area contributed by atoms with Gasteiger partial charge in [0.1, 0.15) is 5.75 Å². The predicted octanol–water partition coefficient (Wildman–Crippen LogP) is 3.57. The summed E-state index contributed by atoms with van der Waals surface area (Å²) in [7, 11) is 0. The zero-order valence-corrected chi connectivity index (χ0v) is 10.8. The molecule has 0 aliphatic rings. The average molecular weight is 236 g/mol. The highest BCUT2D eigenvalue weighted by atomic mass is 16.5. The second kappa shape index (κ2) is 9.06. The molecule has 0 amide bonds. The minimum atomic E-state index is 0.252. The van der Waals surface area contributed by atoms with Crippen LogP contribution in [-0.4, -0.2) is 18.3 Å². The van der Waals surface area contributed by atoms with Crippen LogP contribution in [0.25, 0.3) is 0 Å². The van der Waals surface area contributed by atoms with Gasteiger partial charge in [-0.3, -0.25) is 0 Å². The summed E-state index contributed by atoms with van der Waals surface area (Å²) >= 11 is 0. The van der Waals surface area contributed by atoms with E-state index in [-0.39, 0.29) is 6.61 Å². The van der Waals surface area contributed by atoms with Crippen LogP contribution in [0.2, 0.25) is 0 Å². The Hall–Kier alpha value is -1.02. The van der Waals surface area contributed by atoms with E-state index < -0.39 is 0 Å². The van der Waals surface area contributed by atoms with Crippen molar-refractivity contribution in [2.24, 2.45) is 0 Å². The molecule has 0 aromatic heterocycles. The Morgan fingerprint density at radius 2 is 2.00 bits per heavy atom. The van der Waals surface area contributed by atoms with Gasteiger partial charge < -0.3 is 9.84 Å². The Kier molecular flexibility index (Phi) is 7.48. The highest BCUT2D eigenvalue weighted by molar-refractivity contribution is 5.28. The Labute approximate surface area is 105 Å². The van der Waals surface area contributed by atoms with Crippen LogP contribution in [-0.2, 0) is 6.42 Å². The third-order valence-corrected chi connectivity index (χ3v) is 2.79. The van der Waals surface area contributed by atoms with E-state index in [1.165, 1.54) is 24.8 Å². The van der Waals surface area contributed by atoms with Gasteiger partial charge in [0.25, 0.3) is 0 Å². The van der Waals surface area contributed by atoms with Gasteiger partial charge in [0.15, 0.2) is 0 Å². The second-order valence-electron chi connectivity index (χ2n) is 4.38. The highest BCUT2D eigenvalue weighted by Gasteiger charge is 1.97. The number of hydrogen-bond donors (Lipinski definition) is 1. The Balaban J connectivity index is 2.27. The lowest BCUT2D eigenvalue weighted by Gasteiger charge is -2.07. The summed E-state index contributed by atoms with van der Waals surface area (Å²) in [6, 6.07) is 8.19. The van der Waals surface area contributed by atoms with Gasteiger partial charge in [0.2, 0.25) is 0 Å². The fraction of sp³-hybridized carbons (Fsp3) is 0.600. The van der Waals surface area contributed by atoms with Crippen molar-refractivity contribution in [2.45, 2.75) is 45.4 Å². The van der Waals surface area contributed by atoms with Gasteiger partial charge in [0, 0.05) is 6.61 Å². The number of unbranched alkanes of at least 4 members (excludes halogenated alkanes) is 3. The van der Waals surface area contributed by atoms with Crippen LogP contribution in [0.5, 0.6) is 5.75 Å². The standard InChI is InChI=1S/C15H24O2/c1-2-3-4-5-12-17-15-10-6-8-14(13-15)9-7-11-16/h6,8,10,13,16H,2-5,7,9,11-12H2,1H3. The van der Waals surface area contributed by atoms with Crippen LogP contribution < -0.4 is 4.74 Å². The number of hydrogen-bond acceptors (Lipinski definition) is 2. The first-order chi connectivity index (χ1) is 8.36. The Bertz CT molecular complexity index is 297. The fourth-order valence-corrected chi connectivity index (χ4v) is 1.79. The van der Waals surface area contributed by atoms with Crippen LogP contribution in [0.4, 0.5) is 0 Å². The summed E-state index contributed by atoms with van der Waals surface area (Å²) in [5, 5.41) is 8.79. The van der Waals surface area contributed by atoms with Crippen LogP contribution in [0.1, 0.15) is 44.6 Å². The Morgan fingerprint density at radius 1 is 1.12 bits per heavy atom. The van der Waals surface area contributed by atoms with Crippen molar-refractivity contribution >= 4 is 0 Å². The van der Waals surface area contributed by atoms with E-state index in [2.05, 4.69) is 19.1 Å². The molecule has 0 radical (unpaired) electrons. The van der Waals surface area contributed by atoms with Gasteiger partial charge in [-0.2, -0.15) is 0 Å². The highest BCUT2D eigenvalue weighted by Crippen LogP contribution is 2.15. The third kappa shape index (κ3) is 6.32. The van der Waals surface area contributed by atoms with Gasteiger partial charge in [-0.15, -0.1) is 0 Å². The van der Waals surface area contributed by atoms with E-state index >= 15 is 0 Å². The fourth-order valence-electron chi connectivity index (χ4n) is 1.79. The third-order valence-electron chi connectivity index (χ3n) is 2.79. The minimum Gasteiger partial charge on any atom is -0.494 e. The molecule has 1 aromatic carbocycles. The maximum atomic E-state index is 8.79. The first-order valence-corrected chi connectivity index (χ1v) is 6.69. The molecule has 0 atom stereocenters. The van der Waals surface area contributed by atoms with Crippen LogP contribution in [0.3, 0.4) is 0 Å². The molecule has 0 spiro atoms. The molecule has 0 saturated carbocycles. The minimum absolute atomic E-state index is 0.252. The normalized spacial score (nSPS) is 10.5. The van der Waals surface area contributed by atoms with Gasteiger partial charge in [-0.1, -0.05) is 38.3 Å². The van der Waals surface area contributed by atoms with E-state index in [1.54, 1.807) is 0 Å². The van der Waals surface area contributed by atoms with Crippen molar-refractivity contribution in [1.29, 1.82) is 0 Å². The van der Waals surface area contributed by atoms with Gasteiger partial charge in [-0.05, 0) is 37.0 Å². The van der Waals surface area contributed by atoms with Crippen molar-refractivity contribution in [3.05, 3.63) is 29.8 Å². The van der Waals surface area contributed by atoms with Crippen LogP contribution >= 0.6 is 0 Å². The lowest BCUT2D eigenvalue weighted by Crippen LogP contribution is -1.98. The number of aliphatic hydroxyl groups is 1. The summed E-state index contributed by atoms with van der Waals surface area (Å²) < 4.78 is 5.71. The number of aryl methyl sites for hydroxylation is 1. The monoisotopic (exact) mass is 236 g/mol. The Morgan fingerprint density at radius 3 is 2.76 bits per heavy atom. The molecule has 0 unspecified atom stereocenters. The summed E-state index contributed by atoms with van der Waals surface area (Å²) in [5.41, 5.74) is 1.24. The SMILES string of the molecule is CCCCCCOc1cccc(CCCO)c1. The van der Waals surface area contributed by atoms with Crippen molar-refractivity contribution in [3.8, 4) is 5.75 Å². The topological polar surface area (TPSA) is 29.5 Å². The van der Waals surface area contributed by atoms with Gasteiger partial charge >= 0.3 is 0 Å². The van der Waals surface area contributed by atoms with Crippen molar-refractivity contribution < 1.29 is 9.84 Å². The zero-order chi connectivity index (χ0) is 12.3. The number of ether oxygens (including phenoxy) is 1. The van der Waals surface area contributed by atoms with E-state index in [9.17, 15) is 0 Å². The molecule has 1 aromatic rings. The molecule has 0 fully saturated rings. The van der Waals surface area contributed by atoms with E-state index in [4.69, 9.17) is 9.84 Å². The largest absolute Gasteiger partial charge is 0.494 e. The number of benzene rings is 1.